The Hall–Kier alpha value is -2.44. The molecule has 0 aliphatic carbocycles. The molecule has 1 rings (SSSR count). The van der Waals surface area contributed by atoms with Crippen LogP contribution in [-0.4, -0.2) is 23.8 Å². The Kier molecular flexibility index (Phi) is 5.84. The lowest BCUT2D eigenvalue weighted by Crippen LogP contribution is -2.45. The first-order chi connectivity index (χ1) is 10.5. The second-order valence-corrected chi connectivity index (χ2v) is 6.22. The summed E-state index contributed by atoms with van der Waals surface area (Å²) in [5.41, 5.74) is 4.81. The van der Waals surface area contributed by atoms with Crippen LogP contribution in [0.5, 0.6) is 0 Å². The first-order valence-corrected chi connectivity index (χ1v) is 7.08. The molecule has 2 unspecified atom stereocenters. The van der Waals surface area contributed by atoms with Crippen LogP contribution in [-0.2, 0) is 19.1 Å². The van der Waals surface area contributed by atoms with E-state index in [1.807, 2.05) is 0 Å². The Morgan fingerprint density at radius 1 is 1.17 bits per heavy atom. The molecule has 2 amide bonds. The molecule has 0 aromatic heterocycles. The maximum atomic E-state index is 12.9. The molecule has 0 heterocycles. The van der Waals surface area contributed by atoms with E-state index >= 15 is 0 Å². The molecule has 3 N–H and O–H groups in total. The molecule has 0 saturated carbocycles. The second kappa shape index (κ2) is 7.21. The molecule has 6 nitrogen and oxygen atoms in total. The highest BCUT2D eigenvalue weighted by atomic mass is 19.1. The van der Waals surface area contributed by atoms with Crippen LogP contribution >= 0.6 is 0 Å². The van der Waals surface area contributed by atoms with Crippen LogP contribution in [0.4, 0.5) is 4.39 Å². The zero-order valence-electron chi connectivity index (χ0n) is 13.6. The van der Waals surface area contributed by atoms with Crippen LogP contribution in [0.25, 0.3) is 0 Å². The van der Waals surface area contributed by atoms with Crippen LogP contribution in [0.1, 0.15) is 39.4 Å². The predicted molar refractivity (Wildman–Crippen MR) is 81.5 cm³/mol. The van der Waals surface area contributed by atoms with Gasteiger partial charge in [0.1, 0.15) is 11.9 Å². The summed E-state index contributed by atoms with van der Waals surface area (Å²) in [6.45, 7) is 6.54. The van der Waals surface area contributed by atoms with Gasteiger partial charge in [-0.15, -0.1) is 0 Å². The number of nitrogens with one attached hydrogen (secondary N) is 1. The number of primary amides is 1. The maximum Gasteiger partial charge on any atom is 0.329 e. The molecule has 0 aliphatic heterocycles. The van der Waals surface area contributed by atoms with Crippen LogP contribution < -0.4 is 11.1 Å². The molecule has 1 aromatic rings. The highest BCUT2D eigenvalue weighted by Gasteiger charge is 2.29. The topological polar surface area (TPSA) is 98.5 Å². The third kappa shape index (κ3) is 5.36. The van der Waals surface area contributed by atoms with Crippen LogP contribution in [0.15, 0.2) is 24.3 Å². The molecule has 0 spiro atoms. The number of rotatable bonds is 5. The standard InChI is InChI=1S/C16H21FN2O4/c1-9(19-15(22)16(2,3)4)14(21)23-12(13(18)20)10-5-7-11(17)8-6-10/h5-9,12H,1-4H3,(H2,18,20)(H,19,22). The predicted octanol–water partition coefficient (Wildman–Crippen LogP) is 1.45. The zero-order valence-corrected chi connectivity index (χ0v) is 13.6. The zero-order chi connectivity index (χ0) is 17.8. The van der Waals surface area contributed by atoms with E-state index in [-0.39, 0.29) is 11.5 Å². The van der Waals surface area contributed by atoms with Gasteiger partial charge in [0.05, 0.1) is 0 Å². The van der Waals surface area contributed by atoms with Gasteiger partial charge in [0, 0.05) is 11.0 Å². The highest BCUT2D eigenvalue weighted by molar-refractivity contribution is 5.89. The monoisotopic (exact) mass is 324 g/mol. The molecule has 0 radical (unpaired) electrons. The lowest BCUT2D eigenvalue weighted by atomic mass is 9.95. The number of hydrogen-bond donors (Lipinski definition) is 2. The minimum Gasteiger partial charge on any atom is -0.446 e. The summed E-state index contributed by atoms with van der Waals surface area (Å²) in [4.78, 5) is 35.4. The lowest BCUT2D eigenvalue weighted by Gasteiger charge is -2.22. The van der Waals surface area contributed by atoms with Crippen molar-refractivity contribution in [2.24, 2.45) is 11.1 Å². The van der Waals surface area contributed by atoms with Crippen molar-refractivity contribution in [3.63, 3.8) is 0 Å². The highest BCUT2D eigenvalue weighted by Crippen LogP contribution is 2.19. The fourth-order valence-electron chi connectivity index (χ4n) is 1.62. The van der Waals surface area contributed by atoms with Gasteiger partial charge in [0.25, 0.3) is 5.91 Å². The van der Waals surface area contributed by atoms with Gasteiger partial charge in [-0.2, -0.15) is 0 Å². The van der Waals surface area contributed by atoms with Gasteiger partial charge in [0.2, 0.25) is 12.0 Å². The first-order valence-electron chi connectivity index (χ1n) is 7.08. The van der Waals surface area contributed by atoms with E-state index in [4.69, 9.17) is 10.5 Å². The van der Waals surface area contributed by atoms with E-state index in [9.17, 15) is 18.8 Å². The van der Waals surface area contributed by atoms with E-state index in [2.05, 4.69) is 5.32 Å². The normalized spacial score (nSPS) is 13.8. The summed E-state index contributed by atoms with van der Waals surface area (Å²) in [7, 11) is 0. The number of hydrogen-bond acceptors (Lipinski definition) is 4. The number of halogens is 1. The Labute approximate surface area is 134 Å². The van der Waals surface area contributed by atoms with Crippen molar-refractivity contribution in [1.29, 1.82) is 0 Å². The van der Waals surface area contributed by atoms with Crippen LogP contribution in [0, 0.1) is 11.2 Å². The van der Waals surface area contributed by atoms with Crippen molar-refractivity contribution in [2.75, 3.05) is 0 Å². The second-order valence-electron chi connectivity index (χ2n) is 6.22. The van der Waals surface area contributed by atoms with Gasteiger partial charge in [-0.25, -0.2) is 9.18 Å². The van der Waals surface area contributed by atoms with Crippen molar-refractivity contribution in [2.45, 2.75) is 39.8 Å². The molecular weight excluding hydrogens is 303 g/mol. The minimum absolute atomic E-state index is 0.251. The fraction of sp³-hybridized carbons (Fsp3) is 0.438. The number of esters is 1. The summed E-state index contributed by atoms with van der Waals surface area (Å²) in [6, 6.07) is 3.91. The molecule has 0 bridgehead atoms. The molecule has 23 heavy (non-hydrogen) atoms. The van der Waals surface area contributed by atoms with E-state index in [0.29, 0.717) is 0 Å². The Morgan fingerprint density at radius 2 is 1.70 bits per heavy atom. The molecule has 7 heteroatoms. The molecule has 0 aliphatic rings. The van der Waals surface area contributed by atoms with E-state index in [1.165, 1.54) is 19.1 Å². The Balaban J connectivity index is 2.80. The summed E-state index contributed by atoms with van der Waals surface area (Å²) >= 11 is 0. The summed E-state index contributed by atoms with van der Waals surface area (Å²) in [5.74, 6) is -2.52. The molecule has 1 aromatic carbocycles. The van der Waals surface area contributed by atoms with E-state index in [0.717, 1.165) is 12.1 Å². The SMILES string of the molecule is CC(NC(=O)C(C)(C)C)C(=O)OC(C(N)=O)c1ccc(F)cc1. The number of amides is 2. The number of nitrogens with two attached hydrogens (primary N) is 1. The van der Waals surface area contributed by atoms with E-state index in [1.54, 1.807) is 20.8 Å². The number of carbonyl (C=O) groups excluding carboxylic acids is 3. The van der Waals surface area contributed by atoms with Crippen molar-refractivity contribution in [1.82, 2.24) is 5.32 Å². The summed E-state index contributed by atoms with van der Waals surface area (Å²) in [6.07, 6.45) is -1.35. The first kappa shape index (κ1) is 18.6. The third-order valence-corrected chi connectivity index (χ3v) is 3.05. The molecular formula is C16H21FN2O4. The maximum absolute atomic E-state index is 12.9. The van der Waals surface area contributed by atoms with Crippen LogP contribution in [0.2, 0.25) is 0 Å². The van der Waals surface area contributed by atoms with Gasteiger partial charge < -0.3 is 15.8 Å². The van der Waals surface area contributed by atoms with Gasteiger partial charge in [0.15, 0.2) is 0 Å². The quantitative estimate of drug-likeness (QED) is 0.801. The molecule has 0 saturated heterocycles. The van der Waals surface area contributed by atoms with E-state index < -0.39 is 35.3 Å². The molecule has 126 valence electrons. The van der Waals surface area contributed by atoms with Crippen molar-refractivity contribution in [3.8, 4) is 0 Å². The average Bonchev–Trinajstić information content (AvgIpc) is 2.44. The van der Waals surface area contributed by atoms with Crippen molar-refractivity contribution < 1.29 is 23.5 Å². The average molecular weight is 324 g/mol. The number of carbonyl (C=O) groups is 3. The summed E-state index contributed by atoms with van der Waals surface area (Å²) < 4.78 is 18.0. The largest absolute Gasteiger partial charge is 0.446 e. The third-order valence-electron chi connectivity index (χ3n) is 3.05. The molecule has 2 atom stereocenters. The van der Waals surface area contributed by atoms with Crippen molar-refractivity contribution in [3.05, 3.63) is 35.6 Å². The number of ether oxygens (including phenoxy) is 1. The fourth-order valence-corrected chi connectivity index (χ4v) is 1.62. The van der Waals surface area contributed by atoms with Gasteiger partial charge in [-0.05, 0) is 19.1 Å². The molecule has 0 fully saturated rings. The summed E-state index contributed by atoms with van der Waals surface area (Å²) in [5, 5.41) is 2.50. The Bertz CT molecular complexity index is 593. The van der Waals surface area contributed by atoms with Crippen LogP contribution in [0.3, 0.4) is 0 Å². The van der Waals surface area contributed by atoms with Gasteiger partial charge in [-0.3, -0.25) is 9.59 Å². The van der Waals surface area contributed by atoms with Crippen molar-refractivity contribution >= 4 is 17.8 Å². The minimum atomic E-state index is -1.35. The number of benzene rings is 1. The smallest absolute Gasteiger partial charge is 0.329 e. The van der Waals surface area contributed by atoms with Gasteiger partial charge in [-0.1, -0.05) is 32.9 Å². The lowest BCUT2D eigenvalue weighted by molar-refractivity contribution is -0.158. The van der Waals surface area contributed by atoms with Gasteiger partial charge >= 0.3 is 5.97 Å². The Morgan fingerprint density at radius 3 is 2.13 bits per heavy atom.